The number of benzene rings is 1. The van der Waals surface area contributed by atoms with Gasteiger partial charge in [0.2, 0.25) is 5.91 Å². The molecule has 7 heteroatoms. The SMILES string of the molecule is CCC(=O)NOP(=O)(O)OCCc1ccccc1. The third-order valence-electron chi connectivity index (χ3n) is 2.08. The van der Waals surface area contributed by atoms with E-state index < -0.39 is 13.7 Å². The zero-order chi connectivity index (χ0) is 13.4. The first-order valence-corrected chi connectivity index (χ1v) is 7.01. The lowest BCUT2D eigenvalue weighted by Crippen LogP contribution is -2.21. The number of carbonyl (C=O) groups excluding carboxylic acids is 1. The number of hydroxylamine groups is 1. The van der Waals surface area contributed by atoms with Gasteiger partial charge in [0, 0.05) is 6.42 Å². The maximum atomic E-state index is 11.3. The van der Waals surface area contributed by atoms with Crippen molar-refractivity contribution in [3.63, 3.8) is 0 Å². The Morgan fingerprint density at radius 2 is 2.06 bits per heavy atom. The van der Waals surface area contributed by atoms with Crippen LogP contribution < -0.4 is 5.48 Å². The fourth-order valence-electron chi connectivity index (χ4n) is 1.13. The maximum absolute atomic E-state index is 11.3. The lowest BCUT2D eigenvalue weighted by atomic mass is 10.2. The fraction of sp³-hybridized carbons (Fsp3) is 0.364. The molecular formula is C11H16NO5P. The summed E-state index contributed by atoms with van der Waals surface area (Å²) in [6.45, 7) is 1.62. The molecule has 1 aromatic rings. The van der Waals surface area contributed by atoms with Crippen molar-refractivity contribution < 1.29 is 23.4 Å². The van der Waals surface area contributed by atoms with Crippen molar-refractivity contribution in [3.05, 3.63) is 35.9 Å². The highest BCUT2D eigenvalue weighted by Crippen LogP contribution is 2.41. The number of phosphoric ester groups is 1. The van der Waals surface area contributed by atoms with Crippen molar-refractivity contribution in [1.29, 1.82) is 0 Å². The second-order valence-corrected chi connectivity index (χ2v) is 4.89. The van der Waals surface area contributed by atoms with Gasteiger partial charge in [-0.05, 0) is 12.0 Å². The quantitative estimate of drug-likeness (QED) is 0.584. The Morgan fingerprint density at radius 3 is 2.67 bits per heavy atom. The van der Waals surface area contributed by atoms with Crippen LogP contribution in [0.4, 0.5) is 0 Å². The zero-order valence-corrected chi connectivity index (χ0v) is 10.9. The number of amides is 1. The summed E-state index contributed by atoms with van der Waals surface area (Å²) >= 11 is 0. The van der Waals surface area contributed by atoms with Crippen molar-refractivity contribution >= 4 is 13.7 Å². The molecule has 0 heterocycles. The molecule has 0 radical (unpaired) electrons. The first-order valence-electron chi connectivity index (χ1n) is 5.52. The molecule has 1 amide bonds. The van der Waals surface area contributed by atoms with Crippen molar-refractivity contribution in [2.75, 3.05) is 6.61 Å². The van der Waals surface area contributed by atoms with Crippen LogP contribution in [0.3, 0.4) is 0 Å². The van der Waals surface area contributed by atoms with Crippen LogP contribution in [0.15, 0.2) is 30.3 Å². The van der Waals surface area contributed by atoms with Crippen LogP contribution in [-0.2, 0) is 24.9 Å². The normalized spacial score (nSPS) is 13.9. The van der Waals surface area contributed by atoms with E-state index in [1.807, 2.05) is 35.8 Å². The second-order valence-electron chi connectivity index (χ2n) is 3.51. The highest BCUT2D eigenvalue weighted by atomic mass is 31.2. The molecule has 0 saturated heterocycles. The minimum atomic E-state index is -4.23. The van der Waals surface area contributed by atoms with Crippen LogP contribution in [0.25, 0.3) is 0 Å². The van der Waals surface area contributed by atoms with Crippen molar-refractivity contribution in [2.45, 2.75) is 19.8 Å². The van der Waals surface area contributed by atoms with Gasteiger partial charge >= 0.3 is 7.82 Å². The number of hydrogen-bond donors (Lipinski definition) is 2. The van der Waals surface area contributed by atoms with E-state index in [2.05, 4.69) is 4.62 Å². The second kappa shape index (κ2) is 7.28. The van der Waals surface area contributed by atoms with Gasteiger partial charge in [0.05, 0.1) is 6.61 Å². The Bertz CT molecular complexity index is 423. The number of rotatable bonds is 7. The predicted molar refractivity (Wildman–Crippen MR) is 65.4 cm³/mol. The molecule has 100 valence electrons. The smallest absolute Gasteiger partial charge is 0.301 e. The lowest BCUT2D eigenvalue weighted by Gasteiger charge is -2.11. The first-order chi connectivity index (χ1) is 8.53. The van der Waals surface area contributed by atoms with Crippen LogP contribution in [0.1, 0.15) is 18.9 Å². The van der Waals surface area contributed by atoms with Gasteiger partial charge in [-0.3, -0.25) is 9.32 Å². The minimum Gasteiger partial charge on any atom is -0.301 e. The van der Waals surface area contributed by atoms with Crippen LogP contribution in [0.2, 0.25) is 0 Å². The monoisotopic (exact) mass is 273 g/mol. The molecule has 1 aromatic carbocycles. The first kappa shape index (κ1) is 14.9. The van der Waals surface area contributed by atoms with E-state index in [1.54, 1.807) is 6.92 Å². The number of nitrogens with one attached hydrogen (secondary N) is 1. The van der Waals surface area contributed by atoms with Gasteiger partial charge in [-0.1, -0.05) is 37.3 Å². The third-order valence-corrected chi connectivity index (χ3v) is 2.91. The Hall–Kier alpha value is -1.20. The number of carbonyl (C=O) groups is 1. The molecule has 0 fully saturated rings. The van der Waals surface area contributed by atoms with E-state index in [0.717, 1.165) is 5.56 Å². The summed E-state index contributed by atoms with van der Waals surface area (Å²) in [6.07, 6.45) is 0.639. The summed E-state index contributed by atoms with van der Waals surface area (Å²) in [6, 6.07) is 9.37. The summed E-state index contributed by atoms with van der Waals surface area (Å²) < 4.78 is 20.3. The van der Waals surface area contributed by atoms with Crippen LogP contribution in [0.5, 0.6) is 0 Å². The molecule has 0 spiro atoms. The Kier molecular flexibility index (Phi) is 6.01. The molecule has 0 aromatic heterocycles. The number of hydrogen-bond acceptors (Lipinski definition) is 4. The fourth-order valence-corrected chi connectivity index (χ4v) is 1.72. The minimum absolute atomic E-state index is 0.0276. The molecule has 0 aliphatic carbocycles. The van der Waals surface area contributed by atoms with Gasteiger partial charge in [-0.15, -0.1) is 0 Å². The standard InChI is InChI=1S/C11H16NO5P/c1-2-11(13)12-17-18(14,15)16-9-8-10-6-4-3-5-7-10/h3-7H,2,8-9H2,1H3,(H,12,13)(H,14,15). The van der Waals surface area contributed by atoms with Gasteiger partial charge in [0.25, 0.3) is 0 Å². The molecule has 1 unspecified atom stereocenters. The molecule has 1 atom stereocenters. The predicted octanol–water partition coefficient (Wildman–Crippen LogP) is 1.80. The summed E-state index contributed by atoms with van der Waals surface area (Å²) in [4.78, 5) is 20.1. The van der Waals surface area contributed by atoms with Crippen molar-refractivity contribution in [3.8, 4) is 0 Å². The van der Waals surface area contributed by atoms with E-state index in [0.29, 0.717) is 6.42 Å². The van der Waals surface area contributed by atoms with E-state index >= 15 is 0 Å². The lowest BCUT2D eigenvalue weighted by molar-refractivity contribution is -0.128. The summed E-state index contributed by atoms with van der Waals surface area (Å²) in [7, 11) is -4.23. The molecule has 0 bridgehead atoms. The number of phosphoric acid groups is 1. The molecular weight excluding hydrogens is 257 g/mol. The van der Waals surface area contributed by atoms with E-state index in [-0.39, 0.29) is 13.0 Å². The Balaban J connectivity index is 2.29. The van der Waals surface area contributed by atoms with Gasteiger partial charge in [0.1, 0.15) is 0 Å². The van der Waals surface area contributed by atoms with Gasteiger partial charge in [-0.2, -0.15) is 4.62 Å². The topological polar surface area (TPSA) is 84.9 Å². The molecule has 0 aliphatic heterocycles. The molecule has 18 heavy (non-hydrogen) atoms. The average Bonchev–Trinajstić information content (AvgIpc) is 2.37. The maximum Gasteiger partial charge on any atom is 0.493 e. The summed E-state index contributed by atoms with van der Waals surface area (Å²) in [5.74, 6) is -0.490. The van der Waals surface area contributed by atoms with Crippen LogP contribution in [0, 0.1) is 0 Å². The summed E-state index contributed by atoms with van der Waals surface area (Å²) in [5.41, 5.74) is 2.83. The van der Waals surface area contributed by atoms with Gasteiger partial charge in [-0.25, -0.2) is 10.0 Å². The molecule has 6 nitrogen and oxygen atoms in total. The van der Waals surface area contributed by atoms with E-state index in [1.165, 1.54) is 0 Å². The van der Waals surface area contributed by atoms with Crippen LogP contribution >= 0.6 is 7.82 Å². The van der Waals surface area contributed by atoms with E-state index in [9.17, 15) is 14.3 Å². The van der Waals surface area contributed by atoms with Crippen molar-refractivity contribution in [2.24, 2.45) is 0 Å². The molecule has 1 rings (SSSR count). The molecule has 0 aliphatic rings. The van der Waals surface area contributed by atoms with Crippen LogP contribution in [-0.4, -0.2) is 17.4 Å². The summed E-state index contributed by atoms with van der Waals surface area (Å²) in [5, 5.41) is 0. The van der Waals surface area contributed by atoms with Gasteiger partial charge < -0.3 is 4.89 Å². The highest BCUT2D eigenvalue weighted by molar-refractivity contribution is 7.47. The Labute approximate surface area is 105 Å². The Morgan fingerprint density at radius 1 is 1.39 bits per heavy atom. The molecule has 0 saturated carbocycles. The highest BCUT2D eigenvalue weighted by Gasteiger charge is 2.22. The largest absolute Gasteiger partial charge is 0.493 e. The third kappa shape index (κ3) is 5.93. The van der Waals surface area contributed by atoms with Crippen molar-refractivity contribution in [1.82, 2.24) is 5.48 Å². The van der Waals surface area contributed by atoms with Gasteiger partial charge in [0.15, 0.2) is 0 Å². The zero-order valence-electron chi connectivity index (χ0n) is 10.0. The average molecular weight is 273 g/mol. The molecule has 2 N–H and O–H groups in total. The van der Waals surface area contributed by atoms with E-state index in [4.69, 9.17) is 4.52 Å².